The number of nitrogens with two attached hydrogens (primary N) is 1. The van der Waals surface area contributed by atoms with E-state index in [1.54, 1.807) is 70.6 Å². The number of halogens is 1. The molecule has 0 aliphatic carbocycles. The predicted molar refractivity (Wildman–Crippen MR) is 136 cm³/mol. The SMILES string of the molecule is NS(=O)(=O)c1ccc(N2CC(c3cccc(Oc4cccnn4)c3)N(c3ccc(Cl)cc3)C2=O)cc1. The van der Waals surface area contributed by atoms with Gasteiger partial charge in [-0.3, -0.25) is 9.80 Å². The molecule has 1 fully saturated rings. The number of sulfonamides is 1. The molecule has 0 radical (unpaired) electrons. The van der Waals surface area contributed by atoms with Crippen molar-refractivity contribution >= 4 is 39.0 Å². The van der Waals surface area contributed by atoms with Gasteiger partial charge in [0.15, 0.2) is 0 Å². The monoisotopic (exact) mass is 521 g/mol. The third kappa shape index (κ3) is 4.87. The van der Waals surface area contributed by atoms with E-state index < -0.39 is 10.0 Å². The second kappa shape index (κ2) is 9.57. The topological polar surface area (TPSA) is 119 Å². The molecule has 5 rings (SSSR count). The largest absolute Gasteiger partial charge is 0.438 e. The molecule has 1 aromatic heterocycles. The maximum atomic E-state index is 13.7. The first-order valence-corrected chi connectivity index (χ1v) is 12.8. The average Bonchev–Trinajstić information content (AvgIpc) is 3.22. The number of hydrogen-bond donors (Lipinski definition) is 1. The summed E-state index contributed by atoms with van der Waals surface area (Å²) in [4.78, 5) is 16.9. The summed E-state index contributed by atoms with van der Waals surface area (Å²) in [6, 6.07) is 23.1. The number of hydrogen-bond acceptors (Lipinski definition) is 6. The maximum absolute atomic E-state index is 13.7. The van der Waals surface area contributed by atoms with Gasteiger partial charge in [-0.2, -0.15) is 5.10 Å². The highest BCUT2D eigenvalue weighted by molar-refractivity contribution is 7.89. The number of carbonyl (C=O) groups excluding carboxylic acids is 1. The van der Waals surface area contributed by atoms with Crippen LogP contribution in [0.5, 0.6) is 11.6 Å². The standard InChI is InChI=1S/C25H20ClN5O4S/c26-18-6-8-20(9-7-18)31-23(17-3-1-4-21(15-17)35-24-5-2-14-28-29-24)16-30(25(31)32)19-10-12-22(13-11-19)36(27,33)34/h1-15,23H,16H2,(H2,27,33,34). The normalized spacial score (nSPS) is 15.8. The third-order valence-electron chi connectivity index (χ3n) is 5.70. The Balaban J connectivity index is 1.51. The molecule has 2 N–H and O–H groups in total. The third-order valence-corrected chi connectivity index (χ3v) is 6.88. The molecule has 11 heteroatoms. The van der Waals surface area contributed by atoms with Crippen molar-refractivity contribution in [2.75, 3.05) is 16.3 Å². The Morgan fingerprint density at radius 2 is 1.67 bits per heavy atom. The molecule has 1 atom stereocenters. The first kappa shape index (κ1) is 23.7. The van der Waals surface area contributed by atoms with Gasteiger partial charge >= 0.3 is 6.03 Å². The molecule has 0 bridgehead atoms. The Bertz CT molecular complexity index is 1500. The Kier molecular flexibility index (Phi) is 6.31. The van der Waals surface area contributed by atoms with Crippen molar-refractivity contribution in [3.8, 4) is 11.6 Å². The van der Waals surface area contributed by atoms with Crippen LogP contribution in [0.1, 0.15) is 11.6 Å². The lowest BCUT2D eigenvalue weighted by molar-refractivity contribution is 0.255. The zero-order valence-electron chi connectivity index (χ0n) is 18.7. The van der Waals surface area contributed by atoms with Crippen molar-refractivity contribution in [1.82, 2.24) is 10.2 Å². The van der Waals surface area contributed by atoms with Gasteiger partial charge in [-0.1, -0.05) is 23.7 Å². The fraction of sp³-hybridized carbons (Fsp3) is 0.0800. The molecule has 1 unspecified atom stereocenters. The highest BCUT2D eigenvalue weighted by Crippen LogP contribution is 2.38. The first-order chi connectivity index (χ1) is 17.3. The smallest absolute Gasteiger partial charge is 0.329 e. The van der Waals surface area contributed by atoms with Crippen molar-refractivity contribution in [3.63, 3.8) is 0 Å². The van der Waals surface area contributed by atoms with Crippen LogP contribution in [0.25, 0.3) is 0 Å². The van der Waals surface area contributed by atoms with E-state index in [0.29, 0.717) is 34.6 Å². The minimum Gasteiger partial charge on any atom is -0.438 e. The lowest BCUT2D eigenvalue weighted by Crippen LogP contribution is -2.32. The summed E-state index contributed by atoms with van der Waals surface area (Å²) >= 11 is 6.08. The van der Waals surface area contributed by atoms with Crippen molar-refractivity contribution in [2.45, 2.75) is 10.9 Å². The van der Waals surface area contributed by atoms with Crippen molar-refractivity contribution < 1.29 is 17.9 Å². The van der Waals surface area contributed by atoms with Crippen LogP contribution in [0.3, 0.4) is 0 Å². The molecule has 2 heterocycles. The second-order valence-electron chi connectivity index (χ2n) is 8.03. The lowest BCUT2D eigenvalue weighted by atomic mass is 10.1. The van der Waals surface area contributed by atoms with Crippen LogP contribution in [0, 0.1) is 0 Å². The molecule has 0 saturated carbocycles. The minimum absolute atomic E-state index is 0.0298. The quantitative estimate of drug-likeness (QED) is 0.391. The summed E-state index contributed by atoms with van der Waals surface area (Å²) in [5.74, 6) is 0.899. The summed E-state index contributed by atoms with van der Waals surface area (Å²) in [6.45, 7) is 0.310. The molecule has 1 aliphatic rings. The van der Waals surface area contributed by atoms with E-state index in [1.807, 2.05) is 18.2 Å². The number of ether oxygens (including phenoxy) is 1. The maximum Gasteiger partial charge on any atom is 0.329 e. The van der Waals surface area contributed by atoms with Crippen LogP contribution >= 0.6 is 11.6 Å². The molecule has 9 nitrogen and oxygen atoms in total. The van der Waals surface area contributed by atoms with E-state index in [9.17, 15) is 13.2 Å². The Labute approximate surface area is 212 Å². The van der Waals surface area contributed by atoms with E-state index >= 15 is 0 Å². The van der Waals surface area contributed by atoms with Gasteiger partial charge < -0.3 is 4.74 Å². The summed E-state index contributed by atoms with van der Waals surface area (Å²) < 4.78 is 29.1. The van der Waals surface area contributed by atoms with Gasteiger partial charge in [-0.05, 0) is 72.3 Å². The highest BCUT2D eigenvalue weighted by Gasteiger charge is 2.40. The first-order valence-electron chi connectivity index (χ1n) is 10.8. The van der Waals surface area contributed by atoms with Crippen LogP contribution in [-0.4, -0.2) is 31.2 Å². The molecule has 1 saturated heterocycles. The number of benzene rings is 3. The Hall–Kier alpha value is -3.99. The van der Waals surface area contributed by atoms with Gasteiger partial charge in [0.1, 0.15) is 5.75 Å². The number of urea groups is 1. The van der Waals surface area contributed by atoms with Crippen LogP contribution in [0.4, 0.5) is 16.2 Å². The van der Waals surface area contributed by atoms with Crippen molar-refractivity contribution in [2.24, 2.45) is 5.14 Å². The van der Waals surface area contributed by atoms with Gasteiger partial charge in [-0.25, -0.2) is 18.4 Å². The molecule has 0 spiro atoms. The zero-order valence-corrected chi connectivity index (χ0v) is 20.3. The van der Waals surface area contributed by atoms with E-state index in [1.165, 1.54) is 12.1 Å². The Morgan fingerprint density at radius 1 is 0.944 bits per heavy atom. The van der Waals surface area contributed by atoms with E-state index in [-0.39, 0.29) is 17.0 Å². The highest BCUT2D eigenvalue weighted by atomic mass is 35.5. The number of nitrogens with zero attached hydrogens (tertiary/aromatic N) is 4. The lowest BCUT2D eigenvalue weighted by Gasteiger charge is -2.24. The van der Waals surface area contributed by atoms with E-state index in [0.717, 1.165) is 5.56 Å². The van der Waals surface area contributed by atoms with Gasteiger partial charge in [0, 0.05) is 28.7 Å². The zero-order chi connectivity index (χ0) is 25.3. The number of carbonyl (C=O) groups is 1. The summed E-state index contributed by atoms with van der Waals surface area (Å²) in [5, 5.41) is 13.5. The van der Waals surface area contributed by atoms with Gasteiger partial charge in [0.2, 0.25) is 15.9 Å². The van der Waals surface area contributed by atoms with Crippen molar-refractivity contribution in [1.29, 1.82) is 0 Å². The molecule has 36 heavy (non-hydrogen) atoms. The molecule has 182 valence electrons. The average molecular weight is 522 g/mol. The summed E-state index contributed by atoms with van der Waals surface area (Å²) in [5.41, 5.74) is 2.04. The number of rotatable bonds is 6. The van der Waals surface area contributed by atoms with E-state index in [2.05, 4.69) is 10.2 Å². The number of anilines is 2. The van der Waals surface area contributed by atoms with Crippen molar-refractivity contribution in [3.05, 3.63) is 102 Å². The summed E-state index contributed by atoms with van der Waals surface area (Å²) in [7, 11) is -3.85. The number of amides is 2. The second-order valence-corrected chi connectivity index (χ2v) is 10.0. The number of aromatic nitrogens is 2. The van der Waals surface area contributed by atoms with Crippen LogP contribution in [0.2, 0.25) is 5.02 Å². The molecule has 4 aromatic rings. The van der Waals surface area contributed by atoms with Gasteiger partial charge in [0.25, 0.3) is 0 Å². The Morgan fingerprint density at radius 3 is 2.33 bits per heavy atom. The van der Waals surface area contributed by atoms with Crippen LogP contribution in [-0.2, 0) is 10.0 Å². The fourth-order valence-corrected chi connectivity index (χ4v) is 4.66. The molecule has 3 aromatic carbocycles. The van der Waals surface area contributed by atoms with E-state index in [4.69, 9.17) is 21.5 Å². The summed E-state index contributed by atoms with van der Waals surface area (Å²) in [6.07, 6.45) is 1.56. The minimum atomic E-state index is -3.85. The van der Waals surface area contributed by atoms with Crippen LogP contribution in [0.15, 0.2) is 96.0 Å². The van der Waals surface area contributed by atoms with Gasteiger partial charge in [0.05, 0.1) is 17.5 Å². The van der Waals surface area contributed by atoms with Gasteiger partial charge in [-0.15, -0.1) is 5.10 Å². The molecular formula is C25H20ClN5O4S. The molecule has 1 aliphatic heterocycles. The molecule has 2 amide bonds. The van der Waals surface area contributed by atoms with Crippen LogP contribution < -0.4 is 19.7 Å². The predicted octanol–water partition coefficient (Wildman–Crippen LogP) is 4.76. The number of primary sulfonamides is 1. The fourth-order valence-electron chi connectivity index (χ4n) is 4.02. The molecular weight excluding hydrogens is 502 g/mol.